The third-order valence-electron chi connectivity index (χ3n) is 4.97. The van der Waals surface area contributed by atoms with Crippen molar-refractivity contribution in [1.82, 2.24) is 9.97 Å². The molecule has 2 heterocycles. The zero-order chi connectivity index (χ0) is 22.7. The number of benzene rings is 1. The Morgan fingerprint density at radius 3 is 2.84 bits per heavy atom. The number of aromatic nitrogens is 2. The van der Waals surface area contributed by atoms with Gasteiger partial charge in [-0.2, -0.15) is 11.8 Å². The summed E-state index contributed by atoms with van der Waals surface area (Å²) in [5.41, 5.74) is 0.970. The number of thiophene rings is 1. The number of halogens is 3. The van der Waals surface area contributed by atoms with E-state index in [-0.39, 0.29) is 17.7 Å². The van der Waals surface area contributed by atoms with Gasteiger partial charge in [0.1, 0.15) is 10.7 Å². The predicted octanol–water partition coefficient (Wildman–Crippen LogP) is 5.02. The number of aryl methyl sites for hydroxylation is 2. The molecule has 1 amide bonds. The molecule has 1 aliphatic rings. The smallest absolute Gasteiger partial charge is 0.404 e. The molecule has 4 rings (SSSR count). The number of alkyl halides is 3. The van der Waals surface area contributed by atoms with Crippen LogP contribution in [0.1, 0.15) is 35.5 Å². The lowest BCUT2D eigenvalue weighted by molar-refractivity contribution is -0.274. The van der Waals surface area contributed by atoms with Crippen molar-refractivity contribution in [2.75, 3.05) is 11.1 Å². The Morgan fingerprint density at radius 1 is 1.25 bits per heavy atom. The van der Waals surface area contributed by atoms with Crippen LogP contribution in [0.2, 0.25) is 0 Å². The van der Waals surface area contributed by atoms with E-state index >= 15 is 0 Å². The Labute approximate surface area is 189 Å². The maximum atomic E-state index is 12.6. The molecule has 2 N–H and O–H groups in total. The van der Waals surface area contributed by atoms with Crippen LogP contribution in [0.4, 0.5) is 18.9 Å². The summed E-state index contributed by atoms with van der Waals surface area (Å²) in [6.45, 7) is 0. The highest BCUT2D eigenvalue weighted by atomic mass is 32.2. The second-order valence-corrected chi connectivity index (χ2v) is 9.49. The Hall–Kier alpha value is -2.53. The molecule has 2 aromatic heterocycles. The van der Waals surface area contributed by atoms with Gasteiger partial charge < -0.3 is 15.0 Å². The van der Waals surface area contributed by atoms with Crippen LogP contribution < -0.4 is 15.6 Å². The molecular formula is C21H20F3N3O3S2. The number of para-hydroxylation sites is 2. The quantitative estimate of drug-likeness (QED) is 0.461. The molecule has 0 bridgehead atoms. The molecule has 0 unspecified atom stereocenters. The van der Waals surface area contributed by atoms with Crippen molar-refractivity contribution in [1.29, 1.82) is 0 Å². The summed E-state index contributed by atoms with van der Waals surface area (Å²) >= 11 is 2.99. The summed E-state index contributed by atoms with van der Waals surface area (Å²) in [6, 6.07) is 5.38. The molecule has 0 saturated carbocycles. The van der Waals surface area contributed by atoms with Crippen LogP contribution in [0, 0.1) is 0 Å². The third kappa shape index (κ3) is 5.44. The van der Waals surface area contributed by atoms with Gasteiger partial charge in [0.2, 0.25) is 5.91 Å². The normalized spacial score (nSPS) is 13.7. The number of nitrogens with one attached hydrogen (secondary N) is 2. The number of hydrogen-bond donors (Lipinski definition) is 2. The van der Waals surface area contributed by atoms with Crippen LogP contribution in [-0.4, -0.2) is 28.0 Å². The number of carbonyl (C=O) groups is 1. The highest BCUT2D eigenvalue weighted by Crippen LogP contribution is 2.34. The summed E-state index contributed by atoms with van der Waals surface area (Å²) in [7, 11) is 0. The SMILES string of the molecule is O=C(CCSCc1nc2sc3c(c2c(=O)[nH]1)CCCC3)Nc1ccccc1OC(F)(F)F. The fraction of sp³-hybridized carbons (Fsp3) is 0.381. The number of H-pyrrole nitrogens is 1. The van der Waals surface area contributed by atoms with Crippen molar-refractivity contribution in [3.8, 4) is 5.75 Å². The van der Waals surface area contributed by atoms with E-state index in [4.69, 9.17) is 0 Å². The minimum atomic E-state index is -4.84. The molecule has 0 atom stereocenters. The first-order valence-corrected chi connectivity index (χ1v) is 12.0. The van der Waals surface area contributed by atoms with E-state index in [0.29, 0.717) is 22.7 Å². The van der Waals surface area contributed by atoms with Gasteiger partial charge in [-0.3, -0.25) is 9.59 Å². The minimum Gasteiger partial charge on any atom is -0.404 e. The minimum absolute atomic E-state index is 0.0436. The lowest BCUT2D eigenvalue weighted by atomic mass is 9.97. The van der Waals surface area contributed by atoms with Crippen molar-refractivity contribution >= 4 is 44.9 Å². The van der Waals surface area contributed by atoms with E-state index < -0.39 is 18.0 Å². The van der Waals surface area contributed by atoms with Gasteiger partial charge in [0.05, 0.1) is 16.8 Å². The molecule has 11 heteroatoms. The standard InChI is InChI=1S/C21H20F3N3O3S2/c22-21(23,24)30-14-7-3-2-6-13(14)25-17(28)9-10-31-11-16-26-19(29)18-12-5-1-4-8-15(12)32-20(18)27-16/h2-3,6-7H,1,4-5,8-11H2,(H,25,28)(H,26,27,29). The Morgan fingerprint density at radius 2 is 2.03 bits per heavy atom. The number of hydrogen-bond acceptors (Lipinski definition) is 6. The number of thioether (sulfide) groups is 1. The van der Waals surface area contributed by atoms with Gasteiger partial charge >= 0.3 is 6.36 Å². The highest BCUT2D eigenvalue weighted by molar-refractivity contribution is 7.98. The van der Waals surface area contributed by atoms with Gasteiger partial charge in [0, 0.05) is 17.1 Å². The molecule has 0 fully saturated rings. The van der Waals surface area contributed by atoms with Crippen LogP contribution in [0.25, 0.3) is 10.2 Å². The van der Waals surface area contributed by atoms with Gasteiger partial charge in [0.15, 0.2) is 5.75 Å². The average molecular weight is 484 g/mol. The Balaban J connectivity index is 1.32. The fourth-order valence-electron chi connectivity index (χ4n) is 3.61. The Kier molecular flexibility index (Phi) is 6.75. The van der Waals surface area contributed by atoms with Crippen molar-refractivity contribution in [2.24, 2.45) is 0 Å². The first-order chi connectivity index (χ1) is 15.3. The van der Waals surface area contributed by atoms with Gasteiger partial charge in [-0.1, -0.05) is 12.1 Å². The lowest BCUT2D eigenvalue weighted by Gasteiger charge is -2.13. The molecule has 3 aromatic rings. The zero-order valence-corrected chi connectivity index (χ0v) is 18.5. The Bertz CT molecular complexity index is 1190. The first-order valence-electron chi connectivity index (χ1n) is 10.1. The molecule has 0 radical (unpaired) electrons. The average Bonchev–Trinajstić information content (AvgIpc) is 3.10. The lowest BCUT2D eigenvalue weighted by Crippen LogP contribution is -2.19. The molecular weight excluding hydrogens is 463 g/mol. The maximum absolute atomic E-state index is 12.6. The topological polar surface area (TPSA) is 84.1 Å². The van der Waals surface area contributed by atoms with E-state index in [2.05, 4.69) is 20.0 Å². The van der Waals surface area contributed by atoms with Crippen molar-refractivity contribution in [3.05, 3.63) is 50.9 Å². The van der Waals surface area contributed by atoms with Gasteiger partial charge in [-0.25, -0.2) is 4.98 Å². The fourth-order valence-corrected chi connectivity index (χ4v) is 5.69. The van der Waals surface area contributed by atoms with Gasteiger partial charge in [-0.05, 0) is 43.4 Å². The molecule has 170 valence electrons. The maximum Gasteiger partial charge on any atom is 0.573 e. The molecule has 1 aromatic carbocycles. The third-order valence-corrected chi connectivity index (χ3v) is 7.13. The molecule has 1 aliphatic carbocycles. The number of amides is 1. The van der Waals surface area contributed by atoms with Crippen molar-refractivity contribution < 1.29 is 22.7 Å². The summed E-state index contributed by atoms with van der Waals surface area (Å²) in [4.78, 5) is 34.1. The summed E-state index contributed by atoms with van der Waals surface area (Å²) in [6.07, 6.45) is -0.624. The number of aromatic amines is 1. The van der Waals surface area contributed by atoms with Crippen LogP contribution in [0.3, 0.4) is 0 Å². The van der Waals surface area contributed by atoms with Crippen LogP contribution in [0.5, 0.6) is 5.75 Å². The zero-order valence-electron chi connectivity index (χ0n) is 16.9. The number of carbonyl (C=O) groups excluding carboxylic acids is 1. The number of rotatable bonds is 7. The van der Waals surface area contributed by atoms with Crippen LogP contribution in [0.15, 0.2) is 29.1 Å². The van der Waals surface area contributed by atoms with Gasteiger partial charge in [-0.15, -0.1) is 24.5 Å². The van der Waals surface area contributed by atoms with Gasteiger partial charge in [0.25, 0.3) is 5.56 Å². The number of fused-ring (bicyclic) bond motifs is 3. The molecule has 6 nitrogen and oxygen atoms in total. The van der Waals surface area contributed by atoms with E-state index in [0.717, 1.165) is 42.1 Å². The molecule has 32 heavy (non-hydrogen) atoms. The number of anilines is 1. The number of nitrogens with zero attached hydrogens (tertiary/aromatic N) is 1. The molecule has 0 spiro atoms. The van der Waals surface area contributed by atoms with E-state index in [1.54, 1.807) is 11.3 Å². The van der Waals surface area contributed by atoms with Crippen LogP contribution in [-0.2, 0) is 23.4 Å². The monoisotopic (exact) mass is 483 g/mol. The van der Waals surface area contributed by atoms with E-state index in [9.17, 15) is 22.8 Å². The second-order valence-electron chi connectivity index (χ2n) is 7.30. The summed E-state index contributed by atoms with van der Waals surface area (Å²) < 4.78 is 41.4. The highest BCUT2D eigenvalue weighted by Gasteiger charge is 2.32. The van der Waals surface area contributed by atoms with E-state index in [1.165, 1.54) is 34.8 Å². The predicted molar refractivity (Wildman–Crippen MR) is 119 cm³/mol. The van der Waals surface area contributed by atoms with E-state index in [1.807, 2.05) is 0 Å². The largest absolute Gasteiger partial charge is 0.573 e. The van der Waals surface area contributed by atoms with Crippen LogP contribution >= 0.6 is 23.1 Å². The molecule has 0 aliphatic heterocycles. The van der Waals surface area contributed by atoms with Crippen molar-refractivity contribution in [2.45, 2.75) is 44.2 Å². The second kappa shape index (κ2) is 9.53. The molecule has 0 saturated heterocycles. The first kappa shape index (κ1) is 22.7. The summed E-state index contributed by atoms with van der Waals surface area (Å²) in [5, 5.41) is 3.15. The van der Waals surface area contributed by atoms with Crippen molar-refractivity contribution in [3.63, 3.8) is 0 Å². The summed E-state index contributed by atoms with van der Waals surface area (Å²) in [5.74, 6) is 0.495. The number of ether oxygens (including phenoxy) is 1.